The van der Waals surface area contributed by atoms with Crippen LogP contribution in [0.2, 0.25) is 0 Å². The number of ether oxygens (including phenoxy) is 1. The molecule has 2 aromatic heterocycles. The SMILES string of the molecule is O=CCN1CCC(Oc2ncc(-c3cccnc3)cn2)C1. The largest absolute Gasteiger partial charge is 0.459 e. The van der Waals surface area contributed by atoms with Gasteiger partial charge in [0.2, 0.25) is 0 Å². The third-order valence-corrected chi connectivity index (χ3v) is 3.46. The fourth-order valence-corrected chi connectivity index (χ4v) is 2.37. The molecule has 108 valence electrons. The van der Waals surface area contributed by atoms with E-state index in [-0.39, 0.29) is 6.10 Å². The van der Waals surface area contributed by atoms with Crippen molar-refractivity contribution in [2.75, 3.05) is 19.6 Å². The van der Waals surface area contributed by atoms with Gasteiger partial charge < -0.3 is 9.53 Å². The molecule has 1 fully saturated rings. The van der Waals surface area contributed by atoms with Crippen LogP contribution in [0.15, 0.2) is 36.9 Å². The van der Waals surface area contributed by atoms with Crippen molar-refractivity contribution in [3.63, 3.8) is 0 Å². The van der Waals surface area contributed by atoms with Crippen LogP contribution in [-0.2, 0) is 4.79 Å². The third-order valence-electron chi connectivity index (χ3n) is 3.46. The molecule has 0 radical (unpaired) electrons. The summed E-state index contributed by atoms with van der Waals surface area (Å²) in [6.07, 6.45) is 8.83. The van der Waals surface area contributed by atoms with Crippen molar-refractivity contribution in [3.05, 3.63) is 36.9 Å². The van der Waals surface area contributed by atoms with E-state index in [1.807, 2.05) is 12.1 Å². The van der Waals surface area contributed by atoms with Gasteiger partial charge in [0.15, 0.2) is 0 Å². The minimum absolute atomic E-state index is 0.0502. The average molecular weight is 284 g/mol. The van der Waals surface area contributed by atoms with Crippen molar-refractivity contribution in [2.24, 2.45) is 0 Å². The first-order chi connectivity index (χ1) is 10.3. The zero-order chi connectivity index (χ0) is 14.5. The van der Waals surface area contributed by atoms with E-state index < -0.39 is 0 Å². The van der Waals surface area contributed by atoms with Gasteiger partial charge in [-0.05, 0) is 12.5 Å². The van der Waals surface area contributed by atoms with Crippen LogP contribution >= 0.6 is 0 Å². The molecule has 21 heavy (non-hydrogen) atoms. The fourth-order valence-electron chi connectivity index (χ4n) is 2.37. The minimum Gasteiger partial charge on any atom is -0.459 e. The van der Waals surface area contributed by atoms with Gasteiger partial charge in [0.05, 0.1) is 6.54 Å². The second-order valence-electron chi connectivity index (χ2n) is 4.95. The van der Waals surface area contributed by atoms with Crippen LogP contribution in [0.4, 0.5) is 0 Å². The molecule has 0 saturated carbocycles. The van der Waals surface area contributed by atoms with E-state index in [2.05, 4.69) is 19.9 Å². The van der Waals surface area contributed by atoms with Gasteiger partial charge in [-0.1, -0.05) is 6.07 Å². The van der Waals surface area contributed by atoms with E-state index in [9.17, 15) is 4.79 Å². The first-order valence-electron chi connectivity index (χ1n) is 6.90. The number of nitrogens with zero attached hydrogens (tertiary/aromatic N) is 4. The molecule has 6 nitrogen and oxygen atoms in total. The summed E-state index contributed by atoms with van der Waals surface area (Å²) in [6, 6.07) is 4.21. The Balaban J connectivity index is 1.62. The Morgan fingerprint density at radius 1 is 1.29 bits per heavy atom. The van der Waals surface area contributed by atoms with Crippen LogP contribution in [0.5, 0.6) is 6.01 Å². The lowest BCUT2D eigenvalue weighted by atomic mass is 10.2. The number of carbonyl (C=O) groups is 1. The molecule has 0 amide bonds. The van der Waals surface area contributed by atoms with Gasteiger partial charge in [0, 0.05) is 49.0 Å². The molecule has 0 aliphatic carbocycles. The van der Waals surface area contributed by atoms with Gasteiger partial charge in [-0.25, -0.2) is 9.97 Å². The number of aldehydes is 1. The molecule has 1 aliphatic heterocycles. The van der Waals surface area contributed by atoms with Crippen molar-refractivity contribution in [1.82, 2.24) is 19.9 Å². The molecular formula is C15H16N4O2. The molecule has 1 atom stereocenters. The first-order valence-corrected chi connectivity index (χ1v) is 6.90. The van der Waals surface area contributed by atoms with Crippen molar-refractivity contribution in [1.29, 1.82) is 0 Å². The molecule has 3 heterocycles. The Kier molecular flexibility index (Phi) is 4.16. The van der Waals surface area contributed by atoms with Crippen molar-refractivity contribution < 1.29 is 9.53 Å². The number of carbonyl (C=O) groups excluding carboxylic acids is 1. The molecule has 3 rings (SSSR count). The monoisotopic (exact) mass is 284 g/mol. The third kappa shape index (κ3) is 3.41. The molecule has 1 saturated heterocycles. The zero-order valence-electron chi connectivity index (χ0n) is 11.6. The summed E-state index contributed by atoms with van der Waals surface area (Å²) in [7, 11) is 0. The van der Waals surface area contributed by atoms with Crippen LogP contribution in [0.1, 0.15) is 6.42 Å². The summed E-state index contributed by atoms with van der Waals surface area (Å²) < 4.78 is 5.75. The van der Waals surface area contributed by atoms with Crippen LogP contribution in [-0.4, -0.2) is 51.9 Å². The maximum Gasteiger partial charge on any atom is 0.316 e. The maximum absolute atomic E-state index is 10.5. The summed E-state index contributed by atoms with van der Waals surface area (Å²) >= 11 is 0. The van der Waals surface area contributed by atoms with E-state index in [0.29, 0.717) is 12.6 Å². The van der Waals surface area contributed by atoms with E-state index in [4.69, 9.17) is 4.74 Å². The second kappa shape index (κ2) is 6.41. The number of aromatic nitrogens is 3. The first kappa shape index (κ1) is 13.6. The lowest BCUT2D eigenvalue weighted by Gasteiger charge is -2.13. The summed E-state index contributed by atoms with van der Waals surface area (Å²) in [5.41, 5.74) is 1.88. The number of hydrogen-bond acceptors (Lipinski definition) is 6. The summed E-state index contributed by atoms with van der Waals surface area (Å²) in [6.45, 7) is 2.07. The molecule has 2 aromatic rings. The lowest BCUT2D eigenvalue weighted by molar-refractivity contribution is -0.108. The summed E-state index contributed by atoms with van der Waals surface area (Å²) in [5.74, 6) is 0. The van der Waals surface area contributed by atoms with Gasteiger partial charge in [-0.3, -0.25) is 9.88 Å². The molecule has 0 N–H and O–H groups in total. The van der Waals surface area contributed by atoms with Crippen molar-refractivity contribution in [3.8, 4) is 17.1 Å². The highest BCUT2D eigenvalue weighted by atomic mass is 16.5. The van der Waals surface area contributed by atoms with Gasteiger partial charge >= 0.3 is 6.01 Å². The number of likely N-dealkylation sites (tertiary alicyclic amines) is 1. The van der Waals surface area contributed by atoms with Gasteiger partial charge in [0.1, 0.15) is 12.4 Å². The quantitative estimate of drug-likeness (QED) is 0.768. The Morgan fingerprint density at radius 3 is 2.86 bits per heavy atom. The predicted octanol–water partition coefficient (Wildman–Crippen LogP) is 1.19. The van der Waals surface area contributed by atoms with Gasteiger partial charge in [0.25, 0.3) is 0 Å². The molecule has 0 aromatic carbocycles. The highest BCUT2D eigenvalue weighted by Crippen LogP contribution is 2.18. The number of pyridine rings is 1. The summed E-state index contributed by atoms with van der Waals surface area (Å²) in [4.78, 5) is 25.1. The topological polar surface area (TPSA) is 68.2 Å². The Morgan fingerprint density at radius 2 is 2.14 bits per heavy atom. The molecular weight excluding hydrogens is 268 g/mol. The molecule has 6 heteroatoms. The van der Waals surface area contributed by atoms with Crippen LogP contribution in [0.3, 0.4) is 0 Å². The van der Waals surface area contributed by atoms with Crippen molar-refractivity contribution in [2.45, 2.75) is 12.5 Å². The molecule has 0 spiro atoms. The van der Waals surface area contributed by atoms with E-state index in [1.165, 1.54) is 0 Å². The Bertz CT molecular complexity index is 588. The van der Waals surface area contributed by atoms with Crippen LogP contribution in [0, 0.1) is 0 Å². The molecule has 1 aliphatic rings. The van der Waals surface area contributed by atoms with Gasteiger partial charge in [-0.15, -0.1) is 0 Å². The average Bonchev–Trinajstić information content (AvgIpc) is 2.97. The Hall–Kier alpha value is -2.34. The molecule has 1 unspecified atom stereocenters. The summed E-state index contributed by atoms with van der Waals surface area (Å²) in [5, 5.41) is 0. The standard InChI is InChI=1S/C15H16N4O2/c20-7-6-19-5-3-14(11-19)21-15-17-9-13(10-18-15)12-2-1-4-16-8-12/h1-2,4,7-10,14H,3,5-6,11H2. The highest BCUT2D eigenvalue weighted by molar-refractivity contribution is 5.59. The van der Waals surface area contributed by atoms with Crippen molar-refractivity contribution >= 4 is 6.29 Å². The smallest absolute Gasteiger partial charge is 0.316 e. The highest BCUT2D eigenvalue weighted by Gasteiger charge is 2.24. The van der Waals surface area contributed by atoms with Gasteiger partial charge in [-0.2, -0.15) is 0 Å². The second-order valence-corrected chi connectivity index (χ2v) is 4.95. The normalized spacial score (nSPS) is 18.6. The molecule has 0 bridgehead atoms. The lowest BCUT2D eigenvalue weighted by Crippen LogP contribution is -2.26. The van der Waals surface area contributed by atoms with E-state index in [0.717, 1.165) is 36.9 Å². The van der Waals surface area contributed by atoms with E-state index >= 15 is 0 Å². The van der Waals surface area contributed by atoms with E-state index in [1.54, 1.807) is 24.8 Å². The predicted molar refractivity (Wildman–Crippen MR) is 76.8 cm³/mol. The van der Waals surface area contributed by atoms with Crippen LogP contribution in [0.25, 0.3) is 11.1 Å². The van der Waals surface area contributed by atoms with Crippen LogP contribution < -0.4 is 4.74 Å². The number of hydrogen-bond donors (Lipinski definition) is 0. The Labute approximate surface area is 122 Å². The fraction of sp³-hybridized carbons (Fsp3) is 0.333. The maximum atomic E-state index is 10.5. The zero-order valence-corrected chi connectivity index (χ0v) is 11.6. The minimum atomic E-state index is 0.0502. The number of rotatable bonds is 5.